The van der Waals surface area contributed by atoms with Gasteiger partial charge in [0.1, 0.15) is 0 Å². The van der Waals surface area contributed by atoms with Gasteiger partial charge in [0.05, 0.1) is 12.0 Å². The SMILES string of the molecule is COC(=O)C=Cc1ccc(C(C)=O)s1. The van der Waals surface area contributed by atoms with Crippen molar-refractivity contribution < 1.29 is 14.3 Å². The largest absolute Gasteiger partial charge is 0.466 e. The summed E-state index contributed by atoms with van der Waals surface area (Å²) >= 11 is 1.35. The Morgan fingerprint density at radius 1 is 1.43 bits per heavy atom. The molecule has 0 aliphatic heterocycles. The number of esters is 1. The first-order valence-electron chi connectivity index (χ1n) is 4.00. The van der Waals surface area contributed by atoms with Crippen LogP contribution in [0.1, 0.15) is 21.5 Å². The van der Waals surface area contributed by atoms with Gasteiger partial charge in [-0.25, -0.2) is 4.79 Å². The molecule has 74 valence electrons. The van der Waals surface area contributed by atoms with Gasteiger partial charge in [-0.2, -0.15) is 0 Å². The summed E-state index contributed by atoms with van der Waals surface area (Å²) in [6, 6.07) is 3.53. The number of hydrogen-bond acceptors (Lipinski definition) is 4. The lowest BCUT2D eigenvalue weighted by Gasteiger charge is -1.88. The third-order valence-electron chi connectivity index (χ3n) is 1.56. The third-order valence-corrected chi connectivity index (χ3v) is 2.71. The van der Waals surface area contributed by atoms with E-state index in [0.29, 0.717) is 4.88 Å². The molecule has 14 heavy (non-hydrogen) atoms. The molecule has 0 saturated carbocycles. The molecule has 0 radical (unpaired) electrons. The van der Waals surface area contributed by atoms with Crippen LogP contribution in [0.2, 0.25) is 0 Å². The van der Waals surface area contributed by atoms with Crippen LogP contribution in [-0.4, -0.2) is 18.9 Å². The Morgan fingerprint density at radius 2 is 2.14 bits per heavy atom. The van der Waals surface area contributed by atoms with Crippen LogP contribution in [0.25, 0.3) is 6.08 Å². The highest BCUT2D eigenvalue weighted by atomic mass is 32.1. The maximum absolute atomic E-state index is 10.9. The van der Waals surface area contributed by atoms with Crippen molar-refractivity contribution in [2.45, 2.75) is 6.92 Å². The minimum atomic E-state index is -0.400. The van der Waals surface area contributed by atoms with Gasteiger partial charge >= 0.3 is 5.97 Å². The number of carbonyl (C=O) groups is 2. The molecule has 0 amide bonds. The van der Waals surface area contributed by atoms with Crippen LogP contribution in [0.3, 0.4) is 0 Å². The van der Waals surface area contributed by atoms with Crippen LogP contribution in [0.15, 0.2) is 18.2 Å². The number of rotatable bonds is 3. The zero-order valence-electron chi connectivity index (χ0n) is 7.94. The van der Waals surface area contributed by atoms with Gasteiger partial charge in [-0.3, -0.25) is 4.79 Å². The van der Waals surface area contributed by atoms with Gasteiger partial charge in [0.2, 0.25) is 0 Å². The summed E-state index contributed by atoms with van der Waals surface area (Å²) in [7, 11) is 1.32. The lowest BCUT2D eigenvalue weighted by molar-refractivity contribution is -0.134. The molecule has 1 aromatic heterocycles. The second-order valence-corrected chi connectivity index (χ2v) is 3.73. The van der Waals surface area contributed by atoms with Gasteiger partial charge in [-0.15, -0.1) is 11.3 Å². The number of carbonyl (C=O) groups excluding carboxylic acids is 2. The van der Waals surface area contributed by atoms with E-state index in [2.05, 4.69) is 4.74 Å². The number of hydrogen-bond donors (Lipinski definition) is 0. The monoisotopic (exact) mass is 210 g/mol. The van der Waals surface area contributed by atoms with Gasteiger partial charge < -0.3 is 4.74 Å². The topological polar surface area (TPSA) is 43.4 Å². The average molecular weight is 210 g/mol. The molecular formula is C10H10O3S. The van der Waals surface area contributed by atoms with E-state index in [0.717, 1.165) is 4.88 Å². The van der Waals surface area contributed by atoms with E-state index in [1.807, 2.05) is 0 Å². The zero-order valence-corrected chi connectivity index (χ0v) is 8.76. The molecule has 0 spiro atoms. The number of ether oxygens (including phenoxy) is 1. The third kappa shape index (κ3) is 2.81. The molecule has 0 saturated heterocycles. The predicted octanol–water partition coefficient (Wildman–Crippen LogP) is 2.14. The van der Waals surface area contributed by atoms with Crippen LogP contribution in [0.4, 0.5) is 0 Å². The van der Waals surface area contributed by atoms with E-state index in [-0.39, 0.29) is 5.78 Å². The Bertz CT molecular complexity index is 376. The average Bonchev–Trinajstić information content (AvgIpc) is 2.62. The van der Waals surface area contributed by atoms with Crippen molar-refractivity contribution in [1.82, 2.24) is 0 Å². The number of Topliss-reactive ketones (excluding diaryl/α,β-unsaturated/α-hetero) is 1. The van der Waals surface area contributed by atoms with Gasteiger partial charge in [0.15, 0.2) is 5.78 Å². The van der Waals surface area contributed by atoms with E-state index < -0.39 is 5.97 Å². The van der Waals surface area contributed by atoms with Crippen molar-refractivity contribution >= 4 is 29.2 Å². The second-order valence-electron chi connectivity index (χ2n) is 2.61. The number of ketones is 1. The lowest BCUT2D eigenvalue weighted by Crippen LogP contribution is -1.92. The van der Waals surface area contributed by atoms with Crippen molar-refractivity contribution in [3.8, 4) is 0 Å². The molecule has 1 heterocycles. The first-order chi connectivity index (χ1) is 6.63. The Balaban J connectivity index is 2.73. The molecule has 1 rings (SSSR count). The van der Waals surface area contributed by atoms with Crippen molar-refractivity contribution in [2.24, 2.45) is 0 Å². The van der Waals surface area contributed by atoms with E-state index in [9.17, 15) is 9.59 Å². The molecule has 0 aliphatic carbocycles. The summed E-state index contributed by atoms with van der Waals surface area (Å²) in [6.07, 6.45) is 2.96. The van der Waals surface area contributed by atoms with Gasteiger partial charge in [0.25, 0.3) is 0 Å². The molecule has 0 bridgehead atoms. The molecule has 1 aromatic rings. The predicted molar refractivity (Wildman–Crippen MR) is 55.4 cm³/mol. The smallest absolute Gasteiger partial charge is 0.330 e. The number of thiophene rings is 1. The summed E-state index contributed by atoms with van der Waals surface area (Å²) in [5.41, 5.74) is 0. The quantitative estimate of drug-likeness (QED) is 0.436. The van der Waals surface area contributed by atoms with Crippen LogP contribution >= 0.6 is 11.3 Å². The fourth-order valence-electron chi connectivity index (χ4n) is 0.850. The molecular weight excluding hydrogens is 200 g/mol. The van der Waals surface area contributed by atoms with E-state index >= 15 is 0 Å². The molecule has 0 unspecified atom stereocenters. The Morgan fingerprint density at radius 3 is 2.64 bits per heavy atom. The summed E-state index contributed by atoms with van der Waals surface area (Å²) < 4.78 is 4.44. The molecule has 3 nitrogen and oxygen atoms in total. The molecule has 0 aromatic carbocycles. The summed E-state index contributed by atoms with van der Waals surface area (Å²) in [4.78, 5) is 23.3. The summed E-state index contributed by atoms with van der Waals surface area (Å²) in [5, 5.41) is 0. The van der Waals surface area contributed by atoms with Crippen LogP contribution < -0.4 is 0 Å². The van der Waals surface area contributed by atoms with Crippen LogP contribution in [0.5, 0.6) is 0 Å². The first-order valence-corrected chi connectivity index (χ1v) is 4.82. The lowest BCUT2D eigenvalue weighted by atomic mass is 10.3. The molecule has 0 fully saturated rings. The Labute approximate surface area is 86.0 Å². The summed E-state index contributed by atoms with van der Waals surface area (Å²) in [5.74, 6) is -0.365. The molecule has 0 aliphatic rings. The molecule has 0 atom stereocenters. The first kappa shape index (κ1) is 10.7. The highest BCUT2D eigenvalue weighted by molar-refractivity contribution is 7.14. The minimum absolute atomic E-state index is 0.0349. The number of methoxy groups -OCH3 is 1. The van der Waals surface area contributed by atoms with E-state index in [1.54, 1.807) is 18.2 Å². The fourth-order valence-corrected chi connectivity index (χ4v) is 1.66. The highest BCUT2D eigenvalue weighted by Gasteiger charge is 2.02. The van der Waals surface area contributed by atoms with E-state index in [1.165, 1.54) is 31.4 Å². The zero-order chi connectivity index (χ0) is 10.6. The van der Waals surface area contributed by atoms with Crippen LogP contribution in [0, 0.1) is 0 Å². The van der Waals surface area contributed by atoms with Crippen molar-refractivity contribution in [3.63, 3.8) is 0 Å². The Hall–Kier alpha value is -1.42. The Kier molecular flexibility index (Phi) is 3.59. The van der Waals surface area contributed by atoms with Gasteiger partial charge in [0, 0.05) is 11.0 Å². The standard InChI is InChI=1S/C10H10O3S/c1-7(11)9-5-3-8(14-9)4-6-10(12)13-2/h3-6H,1-2H3. The maximum atomic E-state index is 10.9. The molecule has 4 heteroatoms. The van der Waals surface area contributed by atoms with Crippen molar-refractivity contribution in [1.29, 1.82) is 0 Å². The normalized spacial score (nSPS) is 10.4. The molecule has 0 N–H and O–H groups in total. The fraction of sp³-hybridized carbons (Fsp3) is 0.200. The van der Waals surface area contributed by atoms with Gasteiger partial charge in [-0.05, 0) is 25.1 Å². The minimum Gasteiger partial charge on any atom is -0.466 e. The van der Waals surface area contributed by atoms with Crippen LogP contribution in [-0.2, 0) is 9.53 Å². The summed E-state index contributed by atoms with van der Waals surface area (Å²) in [6.45, 7) is 1.51. The van der Waals surface area contributed by atoms with E-state index in [4.69, 9.17) is 0 Å². The van der Waals surface area contributed by atoms with Gasteiger partial charge in [-0.1, -0.05) is 0 Å². The van der Waals surface area contributed by atoms with Crippen molar-refractivity contribution in [2.75, 3.05) is 7.11 Å². The van der Waals surface area contributed by atoms with Crippen molar-refractivity contribution in [3.05, 3.63) is 28.0 Å². The maximum Gasteiger partial charge on any atom is 0.330 e. The highest BCUT2D eigenvalue weighted by Crippen LogP contribution is 2.18. The second kappa shape index (κ2) is 4.72.